The normalized spacial score (nSPS) is 35.4. The number of fused-ring (bicyclic) bond motifs is 1. The van der Waals surface area contributed by atoms with Crippen molar-refractivity contribution in [1.82, 2.24) is 5.32 Å². The molecule has 2 saturated heterocycles. The quantitative estimate of drug-likeness (QED) is 0.554. The summed E-state index contributed by atoms with van der Waals surface area (Å²) in [5, 5.41) is 2.76. The van der Waals surface area contributed by atoms with Crippen LogP contribution in [-0.4, -0.2) is 55.7 Å². The molecule has 0 spiro atoms. The summed E-state index contributed by atoms with van der Waals surface area (Å²) in [6, 6.07) is -0.432. The monoisotopic (exact) mass is 285 g/mol. The average molecular weight is 285 g/mol. The molecule has 0 aromatic heterocycles. The fourth-order valence-electron chi connectivity index (χ4n) is 2.48. The molecule has 0 radical (unpaired) electrons. The second-order valence-corrected chi connectivity index (χ2v) is 4.76. The minimum absolute atomic E-state index is 0.203. The van der Waals surface area contributed by atoms with E-state index in [1.807, 2.05) is 0 Å². The molecule has 0 aliphatic carbocycles. The number of esters is 1. The number of carbonyl (C=O) groups excluding carboxylic acids is 2. The van der Waals surface area contributed by atoms with E-state index >= 15 is 0 Å². The average Bonchev–Trinajstić information content (AvgIpc) is 2.88. The lowest BCUT2D eigenvalue weighted by Gasteiger charge is -2.22. The molecule has 2 aliphatic heterocycles. The maximum Gasteiger partial charge on any atom is 0.303 e. The van der Waals surface area contributed by atoms with E-state index in [1.54, 1.807) is 6.08 Å². The maximum absolute atomic E-state index is 11.3. The molecule has 0 bridgehead atoms. The highest BCUT2D eigenvalue weighted by Gasteiger charge is 2.54. The van der Waals surface area contributed by atoms with Gasteiger partial charge in [-0.05, 0) is 0 Å². The van der Waals surface area contributed by atoms with E-state index in [9.17, 15) is 9.59 Å². The van der Waals surface area contributed by atoms with Crippen molar-refractivity contribution in [2.75, 3.05) is 13.2 Å². The van der Waals surface area contributed by atoms with Crippen LogP contribution in [0.5, 0.6) is 0 Å². The standard InChI is InChI=1S/C13H19NO6/c1-4-5-17-13-10(14-7(2)15)12-11(20-13)9(6-18-12)19-8(3)16/h4,9-13H,1,5-6H2,2-3H3,(H,14,15)/t9-,10+,11-,12-,13-/m1/s1. The fourth-order valence-corrected chi connectivity index (χ4v) is 2.48. The Morgan fingerprint density at radius 2 is 2.15 bits per heavy atom. The Bertz CT molecular complexity index is 398. The van der Waals surface area contributed by atoms with E-state index in [0.717, 1.165) is 0 Å². The van der Waals surface area contributed by atoms with Gasteiger partial charge in [-0.15, -0.1) is 6.58 Å². The van der Waals surface area contributed by atoms with E-state index in [0.29, 0.717) is 6.61 Å². The van der Waals surface area contributed by atoms with E-state index < -0.39 is 36.6 Å². The molecule has 2 heterocycles. The van der Waals surface area contributed by atoms with E-state index in [4.69, 9.17) is 18.9 Å². The molecule has 0 aromatic rings. The first-order chi connectivity index (χ1) is 9.52. The molecule has 7 nitrogen and oxygen atoms in total. The molecule has 2 fully saturated rings. The minimum Gasteiger partial charge on any atom is -0.457 e. The van der Waals surface area contributed by atoms with Crippen LogP contribution in [0.3, 0.4) is 0 Å². The van der Waals surface area contributed by atoms with E-state index in [-0.39, 0.29) is 12.5 Å². The lowest BCUT2D eigenvalue weighted by molar-refractivity contribution is -0.171. The largest absolute Gasteiger partial charge is 0.457 e. The lowest BCUT2D eigenvalue weighted by atomic mass is 10.1. The van der Waals surface area contributed by atoms with Crippen LogP contribution in [0.25, 0.3) is 0 Å². The molecule has 112 valence electrons. The highest BCUT2D eigenvalue weighted by atomic mass is 16.7. The number of nitrogens with one attached hydrogen (secondary N) is 1. The van der Waals surface area contributed by atoms with Gasteiger partial charge >= 0.3 is 5.97 Å². The van der Waals surface area contributed by atoms with Crippen LogP contribution in [0.4, 0.5) is 0 Å². The summed E-state index contributed by atoms with van der Waals surface area (Å²) >= 11 is 0. The molecule has 1 amide bonds. The summed E-state index contributed by atoms with van der Waals surface area (Å²) in [5.74, 6) is -0.597. The van der Waals surface area contributed by atoms with Crippen molar-refractivity contribution < 1.29 is 28.5 Å². The van der Waals surface area contributed by atoms with Crippen molar-refractivity contribution >= 4 is 11.9 Å². The van der Waals surface area contributed by atoms with Gasteiger partial charge in [-0.2, -0.15) is 0 Å². The number of rotatable bonds is 5. The molecular formula is C13H19NO6. The zero-order valence-electron chi connectivity index (χ0n) is 11.5. The van der Waals surface area contributed by atoms with E-state index in [2.05, 4.69) is 11.9 Å². The van der Waals surface area contributed by atoms with Crippen LogP contribution in [0.2, 0.25) is 0 Å². The van der Waals surface area contributed by atoms with Gasteiger partial charge in [-0.3, -0.25) is 9.59 Å². The first-order valence-corrected chi connectivity index (χ1v) is 6.46. The molecule has 5 atom stereocenters. The molecular weight excluding hydrogens is 266 g/mol. The van der Waals surface area contributed by atoms with Crippen LogP contribution in [0.1, 0.15) is 13.8 Å². The molecule has 0 aromatic carbocycles. The Morgan fingerprint density at radius 3 is 2.75 bits per heavy atom. The van der Waals surface area contributed by atoms with Crippen LogP contribution in [0.15, 0.2) is 12.7 Å². The molecule has 2 aliphatic rings. The zero-order valence-corrected chi connectivity index (χ0v) is 11.5. The highest BCUT2D eigenvalue weighted by Crippen LogP contribution is 2.33. The Balaban J connectivity index is 2.06. The van der Waals surface area contributed by atoms with Gasteiger partial charge in [0.15, 0.2) is 12.4 Å². The van der Waals surface area contributed by atoms with Crippen LogP contribution >= 0.6 is 0 Å². The van der Waals surface area contributed by atoms with Crippen LogP contribution in [-0.2, 0) is 28.5 Å². The van der Waals surface area contributed by atoms with Gasteiger partial charge in [0.2, 0.25) is 5.91 Å². The van der Waals surface area contributed by atoms with Crippen molar-refractivity contribution in [3.05, 3.63) is 12.7 Å². The predicted molar refractivity (Wildman–Crippen MR) is 67.7 cm³/mol. The van der Waals surface area contributed by atoms with Crippen molar-refractivity contribution in [1.29, 1.82) is 0 Å². The lowest BCUT2D eigenvalue weighted by Crippen LogP contribution is -2.47. The van der Waals surface area contributed by atoms with Crippen molar-refractivity contribution in [3.63, 3.8) is 0 Å². The highest BCUT2D eigenvalue weighted by molar-refractivity contribution is 5.73. The summed E-state index contributed by atoms with van der Waals surface area (Å²) < 4.78 is 22.0. The molecule has 0 saturated carbocycles. The summed E-state index contributed by atoms with van der Waals surface area (Å²) in [5.41, 5.74) is 0. The Morgan fingerprint density at radius 1 is 1.40 bits per heavy atom. The minimum atomic E-state index is -0.648. The topological polar surface area (TPSA) is 83.1 Å². The van der Waals surface area contributed by atoms with Gasteiger partial charge in [-0.25, -0.2) is 0 Å². The van der Waals surface area contributed by atoms with Gasteiger partial charge < -0.3 is 24.3 Å². The predicted octanol–water partition coefficient (Wildman–Crippen LogP) is -0.251. The number of ether oxygens (including phenoxy) is 4. The Hall–Kier alpha value is -1.44. The van der Waals surface area contributed by atoms with Crippen molar-refractivity contribution in [2.24, 2.45) is 0 Å². The first-order valence-electron chi connectivity index (χ1n) is 6.46. The van der Waals surface area contributed by atoms with Gasteiger partial charge in [0, 0.05) is 13.8 Å². The third-order valence-corrected chi connectivity index (χ3v) is 3.15. The van der Waals surface area contributed by atoms with Gasteiger partial charge in [-0.1, -0.05) is 6.08 Å². The zero-order chi connectivity index (χ0) is 14.7. The summed E-state index contributed by atoms with van der Waals surface area (Å²) in [4.78, 5) is 22.3. The summed E-state index contributed by atoms with van der Waals surface area (Å²) in [6.07, 6.45) is -0.368. The van der Waals surface area contributed by atoms with Crippen LogP contribution in [0, 0.1) is 0 Å². The Kier molecular flexibility index (Phi) is 4.74. The summed E-state index contributed by atoms with van der Waals surface area (Å²) in [7, 11) is 0. The number of hydrogen-bond acceptors (Lipinski definition) is 6. The first kappa shape index (κ1) is 15.0. The second kappa shape index (κ2) is 6.34. The number of carbonyl (C=O) groups is 2. The SMILES string of the molecule is C=CCO[C@@H]1O[C@H]2[C@H](OC[C@H]2OC(C)=O)[C@@H]1NC(C)=O. The smallest absolute Gasteiger partial charge is 0.303 e. The van der Waals surface area contributed by atoms with Crippen molar-refractivity contribution in [3.8, 4) is 0 Å². The molecule has 20 heavy (non-hydrogen) atoms. The maximum atomic E-state index is 11.3. The summed E-state index contributed by atoms with van der Waals surface area (Å²) in [6.45, 7) is 6.85. The van der Waals surface area contributed by atoms with Crippen LogP contribution < -0.4 is 5.32 Å². The molecule has 0 unspecified atom stereocenters. The van der Waals surface area contributed by atoms with Gasteiger partial charge in [0.1, 0.15) is 18.2 Å². The third-order valence-electron chi connectivity index (χ3n) is 3.15. The number of hydrogen-bond donors (Lipinski definition) is 1. The van der Waals surface area contributed by atoms with E-state index in [1.165, 1.54) is 13.8 Å². The molecule has 1 N–H and O–H groups in total. The van der Waals surface area contributed by atoms with Crippen molar-refractivity contribution in [2.45, 2.75) is 44.5 Å². The number of amides is 1. The molecule has 7 heteroatoms. The third kappa shape index (κ3) is 3.17. The Labute approximate surface area is 117 Å². The molecule has 2 rings (SSSR count). The fraction of sp³-hybridized carbons (Fsp3) is 0.692. The van der Waals surface area contributed by atoms with Gasteiger partial charge in [0.25, 0.3) is 0 Å². The second-order valence-electron chi connectivity index (χ2n) is 4.76. The van der Waals surface area contributed by atoms with Gasteiger partial charge in [0.05, 0.1) is 13.2 Å².